The monoisotopic (exact) mass is 289 g/mol. The summed E-state index contributed by atoms with van der Waals surface area (Å²) in [4.78, 5) is 13.9. The van der Waals surface area contributed by atoms with Crippen molar-refractivity contribution in [2.75, 3.05) is 13.6 Å². The Morgan fingerprint density at radius 1 is 1.10 bits per heavy atom. The molecule has 0 aliphatic carbocycles. The predicted octanol–water partition coefficient (Wildman–Crippen LogP) is 3.59. The molecule has 4 heteroatoms. The molecule has 0 aliphatic heterocycles. The molecule has 0 saturated heterocycles. The van der Waals surface area contributed by atoms with Gasteiger partial charge in [0.1, 0.15) is 11.6 Å². The van der Waals surface area contributed by atoms with Gasteiger partial charge in [-0.2, -0.15) is 0 Å². The summed E-state index contributed by atoms with van der Waals surface area (Å²) in [5.74, 6) is -1.78. The van der Waals surface area contributed by atoms with Crippen LogP contribution in [0.25, 0.3) is 0 Å². The molecule has 0 aliphatic rings. The van der Waals surface area contributed by atoms with Crippen LogP contribution in [0.1, 0.15) is 21.5 Å². The maximum absolute atomic E-state index is 13.1. The van der Waals surface area contributed by atoms with Gasteiger partial charge in [0.2, 0.25) is 0 Å². The van der Waals surface area contributed by atoms with E-state index in [9.17, 15) is 13.6 Å². The van der Waals surface area contributed by atoms with Crippen molar-refractivity contribution in [1.82, 2.24) is 4.90 Å². The van der Waals surface area contributed by atoms with E-state index in [1.54, 1.807) is 7.05 Å². The van der Waals surface area contributed by atoms with Crippen LogP contribution in [0.2, 0.25) is 0 Å². The number of carbonyl (C=O) groups excluding carboxylic acids is 1. The van der Waals surface area contributed by atoms with Gasteiger partial charge in [0, 0.05) is 18.2 Å². The number of carbonyl (C=O) groups is 1. The minimum Gasteiger partial charge on any atom is -0.295 e. The van der Waals surface area contributed by atoms with E-state index >= 15 is 0 Å². The standard InChI is InChI=1S/C17H17F2NO/c1-12-4-3-5-13(6-12)10-20(2)11-17(21)14-7-15(18)9-16(19)8-14/h3-9H,10-11H2,1-2H3. The summed E-state index contributed by atoms with van der Waals surface area (Å²) < 4.78 is 26.2. The van der Waals surface area contributed by atoms with Gasteiger partial charge in [-0.1, -0.05) is 29.8 Å². The molecule has 0 unspecified atom stereocenters. The second kappa shape index (κ2) is 6.59. The molecular formula is C17H17F2NO. The summed E-state index contributed by atoms with van der Waals surface area (Å²) in [6.45, 7) is 2.71. The highest BCUT2D eigenvalue weighted by molar-refractivity contribution is 5.97. The maximum atomic E-state index is 13.1. The largest absolute Gasteiger partial charge is 0.295 e. The molecule has 21 heavy (non-hydrogen) atoms. The maximum Gasteiger partial charge on any atom is 0.177 e. The zero-order chi connectivity index (χ0) is 15.4. The van der Waals surface area contributed by atoms with Crippen molar-refractivity contribution in [3.63, 3.8) is 0 Å². The summed E-state index contributed by atoms with van der Waals surface area (Å²) in [6.07, 6.45) is 0. The topological polar surface area (TPSA) is 20.3 Å². The van der Waals surface area contributed by atoms with Gasteiger partial charge in [-0.25, -0.2) is 8.78 Å². The molecule has 0 fully saturated rings. The lowest BCUT2D eigenvalue weighted by molar-refractivity contribution is 0.0942. The fourth-order valence-corrected chi connectivity index (χ4v) is 2.23. The highest BCUT2D eigenvalue weighted by Crippen LogP contribution is 2.11. The van der Waals surface area contributed by atoms with E-state index in [2.05, 4.69) is 0 Å². The summed E-state index contributed by atoms with van der Waals surface area (Å²) in [7, 11) is 1.80. The molecule has 0 bridgehead atoms. The molecule has 0 saturated carbocycles. The van der Waals surface area contributed by atoms with Crippen LogP contribution in [0.3, 0.4) is 0 Å². The van der Waals surface area contributed by atoms with Crippen molar-refractivity contribution in [1.29, 1.82) is 0 Å². The number of rotatable bonds is 5. The molecule has 0 spiro atoms. The van der Waals surface area contributed by atoms with E-state index in [0.717, 1.165) is 29.3 Å². The van der Waals surface area contributed by atoms with Crippen LogP contribution in [-0.4, -0.2) is 24.3 Å². The fourth-order valence-electron chi connectivity index (χ4n) is 2.23. The highest BCUT2D eigenvalue weighted by Gasteiger charge is 2.12. The lowest BCUT2D eigenvalue weighted by Crippen LogP contribution is -2.25. The first kappa shape index (κ1) is 15.3. The highest BCUT2D eigenvalue weighted by atomic mass is 19.1. The molecule has 0 radical (unpaired) electrons. The minimum absolute atomic E-state index is 0.0589. The molecule has 0 N–H and O–H groups in total. The zero-order valence-electron chi connectivity index (χ0n) is 12.1. The number of ketones is 1. The Kier molecular flexibility index (Phi) is 4.81. The van der Waals surface area contributed by atoms with Crippen LogP contribution in [0.4, 0.5) is 8.78 Å². The van der Waals surface area contributed by atoms with Gasteiger partial charge in [0.15, 0.2) is 5.78 Å². The van der Waals surface area contributed by atoms with Crippen LogP contribution >= 0.6 is 0 Å². The normalized spacial score (nSPS) is 10.9. The first-order chi connectivity index (χ1) is 9.94. The van der Waals surface area contributed by atoms with Crippen LogP contribution < -0.4 is 0 Å². The van der Waals surface area contributed by atoms with Crippen LogP contribution in [0, 0.1) is 18.6 Å². The molecule has 0 heterocycles. The van der Waals surface area contributed by atoms with Crippen molar-refractivity contribution in [2.24, 2.45) is 0 Å². The molecule has 0 atom stereocenters. The number of nitrogens with zero attached hydrogens (tertiary/aromatic N) is 1. The molecule has 2 nitrogen and oxygen atoms in total. The molecule has 110 valence electrons. The Hall–Kier alpha value is -2.07. The van der Waals surface area contributed by atoms with Gasteiger partial charge in [0.05, 0.1) is 6.54 Å². The molecule has 2 rings (SSSR count). The SMILES string of the molecule is Cc1cccc(CN(C)CC(=O)c2cc(F)cc(F)c2)c1. The third kappa shape index (κ3) is 4.46. The van der Waals surface area contributed by atoms with Crippen LogP contribution in [-0.2, 0) is 6.54 Å². The van der Waals surface area contributed by atoms with Gasteiger partial charge >= 0.3 is 0 Å². The summed E-state index contributed by atoms with van der Waals surface area (Å²) in [5.41, 5.74) is 2.30. The van der Waals surface area contributed by atoms with Gasteiger partial charge in [-0.3, -0.25) is 9.69 Å². The first-order valence-corrected chi connectivity index (χ1v) is 6.67. The zero-order valence-corrected chi connectivity index (χ0v) is 12.1. The average Bonchev–Trinajstić information content (AvgIpc) is 2.37. The van der Waals surface area contributed by atoms with Gasteiger partial charge in [0.25, 0.3) is 0 Å². The first-order valence-electron chi connectivity index (χ1n) is 6.67. The van der Waals surface area contributed by atoms with E-state index in [1.165, 1.54) is 0 Å². The van der Waals surface area contributed by atoms with Gasteiger partial charge in [-0.15, -0.1) is 0 Å². The Morgan fingerprint density at radius 2 is 1.76 bits per heavy atom. The van der Waals surface area contributed by atoms with Crippen molar-refractivity contribution in [3.05, 3.63) is 70.8 Å². The van der Waals surface area contributed by atoms with E-state index in [1.807, 2.05) is 36.1 Å². The van der Waals surface area contributed by atoms with E-state index in [-0.39, 0.29) is 17.9 Å². The van der Waals surface area contributed by atoms with Crippen LogP contribution in [0.15, 0.2) is 42.5 Å². The molecule has 2 aromatic rings. The summed E-state index contributed by atoms with van der Waals surface area (Å²) in [5, 5.41) is 0. The Balaban J connectivity index is 2.02. The van der Waals surface area contributed by atoms with Crippen molar-refractivity contribution in [2.45, 2.75) is 13.5 Å². The quantitative estimate of drug-likeness (QED) is 0.784. The number of Topliss-reactive ketones (excluding diaryl/α,β-unsaturated/α-hetero) is 1. The van der Waals surface area contributed by atoms with Gasteiger partial charge in [-0.05, 0) is 31.7 Å². The molecular weight excluding hydrogens is 272 g/mol. The molecule has 2 aromatic carbocycles. The minimum atomic E-state index is -0.736. The molecule has 0 aromatic heterocycles. The number of halogens is 2. The van der Waals surface area contributed by atoms with E-state index in [0.29, 0.717) is 6.54 Å². The smallest absolute Gasteiger partial charge is 0.177 e. The number of aryl methyl sites for hydroxylation is 1. The molecule has 0 amide bonds. The summed E-state index contributed by atoms with van der Waals surface area (Å²) in [6, 6.07) is 10.9. The van der Waals surface area contributed by atoms with E-state index in [4.69, 9.17) is 0 Å². The number of likely N-dealkylation sites (N-methyl/N-ethyl adjacent to an activating group) is 1. The lowest BCUT2D eigenvalue weighted by Gasteiger charge is -2.16. The number of hydrogen-bond donors (Lipinski definition) is 0. The predicted molar refractivity (Wildman–Crippen MR) is 78.2 cm³/mol. The lowest BCUT2D eigenvalue weighted by atomic mass is 10.1. The average molecular weight is 289 g/mol. The second-order valence-electron chi connectivity index (χ2n) is 5.24. The van der Waals surface area contributed by atoms with Crippen molar-refractivity contribution < 1.29 is 13.6 Å². The third-order valence-electron chi connectivity index (χ3n) is 3.13. The summed E-state index contributed by atoms with van der Waals surface area (Å²) >= 11 is 0. The van der Waals surface area contributed by atoms with Gasteiger partial charge < -0.3 is 0 Å². The van der Waals surface area contributed by atoms with Crippen molar-refractivity contribution in [3.8, 4) is 0 Å². The third-order valence-corrected chi connectivity index (χ3v) is 3.13. The Labute approximate surface area is 123 Å². The fraction of sp³-hybridized carbons (Fsp3) is 0.235. The number of hydrogen-bond acceptors (Lipinski definition) is 2. The Bertz CT molecular complexity index is 635. The Morgan fingerprint density at radius 3 is 2.38 bits per heavy atom. The number of benzene rings is 2. The van der Waals surface area contributed by atoms with Crippen molar-refractivity contribution >= 4 is 5.78 Å². The second-order valence-corrected chi connectivity index (χ2v) is 5.24. The van der Waals surface area contributed by atoms with Crippen LogP contribution in [0.5, 0.6) is 0 Å². The van der Waals surface area contributed by atoms with E-state index < -0.39 is 11.6 Å².